The molecule has 2 aromatic carbocycles. The van der Waals surface area contributed by atoms with Crippen LogP contribution in [-0.2, 0) is 11.2 Å². The Hall–Kier alpha value is -3.06. The number of ether oxygens (including phenoxy) is 1. The molecule has 4 rings (SSSR count). The molecule has 0 radical (unpaired) electrons. The second-order valence-corrected chi connectivity index (χ2v) is 9.20. The number of urea groups is 1. The monoisotopic (exact) mass is 464 g/mol. The molecule has 2 aliphatic rings. The third kappa shape index (κ3) is 6.29. The second kappa shape index (κ2) is 11.9. The number of para-hydroxylation sites is 1. The van der Waals surface area contributed by atoms with Crippen LogP contribution in [0.3, 0.4) is 0 Å². The molecule has 1 aliphatic heterocycles. The van der Waals surface area contributed by atoms with Crippen molar-refractivity contribution >= 4 is 17.6 Å². The topological polar surface area (TPSA) is 73.9 Å². The lowest BCUT2D eigenvalue weighted by molar-refractivity contribution is -0.129. The summed E-state index contributed by atoms with van der Waals surface area (Å²) in [5, 5.41) is 6.16. The van der Waals surface area contributed by atoms with Gasteiger partial charge in [-0.25, -0.2) is 4.79 Å². The third-order valence-electron chi connectivity index (χ3n) is 7.01. The summed E-state index contributed by atoms with van der Waals surface area (Å²) in [6.07, 6.45) is 5.39. The van der Waals surface area contributed by atoms with Crippen LogP contribution < -0.4 is 15.4 Å². The average Bonchev–Trinajstić information content (AvgIpc) is 3.40. The highest BCUT2D eigenvalue weighted by molar-refractivity contribution is 5.89. The van der Waals surface area contributed by atoms with Crippen molar-refractivity contribution in [3.05, 3.63) is 60.2 Å². The number of carbonyl (C=O) groups excluding carboxylic acids is 2. The molecule has 3 amide bonds. The largest absolute Gasteiger partial charge is 0.497 e. The lowest BCUT2D eigenvalue weighted by atomic mass is 9.95. The van der Waals surface area contributed by atoms with Gasteiger partial charge < -0.3 is 20.3 Å². The molecule has 1 saturated carbocycles. The molecule has 0 spiro atoms. The van der Waals surface area contributed by atoms with Crippen LogP contribution in [0, 0.1) is 5.92 Å². The zero-order valence-corrected chi connectivity index (χ0v) is 20.0. The standard InChI is InChI=1S/C27H36N4O3/c1-34-24-13-11-21(12-14-24)15-16-28-26(32)25(22-7-5-6-8-22)30-17-19-31(20-18-30)27(33)29-23-9-3-2-4-10-23/h2-4,9-14,22,25H,5-8,15-20H2,1H3,(H,28,32)(H,29,33). The average molecular weight is 465 g/mol. The van der Waals surface area contributed by atoms with Crippen LogP contribution in [0.1, 0.15) is 31.2 Å². The highest BCUT2D eigenvalue weighted by Crippen LogP contribution is 2.31. The maximum absolute atomic E-state index is 13.3. The first-order valence-corrected chi connectivity index (χ1v) is 12.4. The molecule has 1 heterocycles. The minimum absolute atomic E-state index is 0.0767. The number of carbonyl (C=O) groups is 2. The molecule has 7 heteroatoms. The van der Waals surface area contributed by atoms with Crippen molar-refractivity contribution in [3.63, 3.8) is 0 Å². The van der Waals surface area contributed by atoms with Gasteiger partial charge in [0, 0.05) is 38.4 Å². The first kappa shape index (κ1) is 24.1. The Kier molecular flexibility index (Phi) is 8.41. The Morgan fingerprint density at radius 2 is 1.65 bits per heavy atom. The second-order valence-electron chi connectivity index (χ2n) is 9.20. The summed E-state index contributed by atoms with van der Waals surface area (Å²) in [5.74, 6) is 1.36. The van der Waals surface area contributed by atoms with E-state index in [1.165, 1.54) is 18.4 Å². The van der Waals surface area contributed by atoms with E-state index in [0.717, 1.165) is 43.8 Å². The van der Waals surface area contributed by atoms with E-state index in [2.05, 4.69) is 15.5 Å². The molecular weight excluding hydrogens is 428 g/mol. The summed E-state index contributed by atoms with van der Waals surface area (Å²) >= 11 is 0. The normalized spacial score (nSPS) is 17.9. The SMILES string of the molecule is COc1ccc(CCNC(=O)C(C2CCCC2)N2CCN(C(=O)Nc3ccccc3)CC2)cc1. The molecule has 1 unspecified atom stereocenters. The van der Waals surface area contributed by atoms with Crippen LogP contribution in [0.15, 0.2) is 54.6 Å². The van der Waals surface area contributed by atoms with Crippen LogP contribution >= 0.6 is 0 Å². The van der Waals surface area contributed by atoms with Crippen molar-refractivity contribution < 1.29 is 14.3 Å². The lowest BCUT2D eigenvalue weighted by Gasteiger charge is -2.40. The number of nitrogens with one attached hydrogen (secondary N) is 2. The van der Waals surface area contributed by atoms with Gasteiger partial charge in [-0.3, -0.25) is 9.69 Å². The zero-order valence-electron chi connectivity index (χ0n) is 20.0. The van der Waals surface area contributed by atoms with Crippen LogP contribution in [0.2, 0.25) is 0 Å². The first-order chi connectivity index (χ1) is 16.6. The Balaban J connectivity index is 1.30. The third-order valence-corrected chi connectivity index (χ3v) is 7.01. The quantitative estimate of drug-likeness (QED) is 0.624. The molecule has 1 atom stereocenters. The maximum Gasteiger partial charge on any atom is 0.321 e. The summed E-state index contributed by atoms with van der Waals surface area (Å²) in [5.41, 5.74) is 1.98. The fourth-order valence-electron chi connectivity index (χ4n) is 5.11. The minimum atomic E-state index is -0.113. The van der Waals surface area contributed by atoms with Crippen LogP contribution in [0.5, 0.6) is 5.75 Å². The van der Waals surface area contributed by atoms with Gasteiger partial charge in [0.25, 0.3) is 0 Å². The van der Waals surface area contributed by atoms with Crippen LogP contribution in [0.25, 0.3) is 0 Å². The van der Waals surface area contributed by atoms with Gasteiger partial charge in [-0.05, 0) is 55.0 Å². The number of benzene rings is 2. The summed E-state index contributed by atoms with van der Waals surface area (Å²) in [4.78, 5) is 30.1. The molecule has 7 nitrogen and oxygen atoms in total. The van der Waals surface area contributed by atoms with E-state index in [-0.39, 0.29) is 18.0 Å². The smallest absolute Gasteiger partial charge is 0.321 e. The van der Waals surface area contributed by atoms with E-state index in [9.17, 15) is 9.59 Å². The van der Waals surface area contributed by atoms with Crippen molar-refractivity contribution in [3.8, 4) is 5.75 Å². The predicted molar refractivity (Wildman–Crippen MR) is 134 cm³/mol. The molecular formula is C27H36N4O3. The Morgan fingerprint density at radius 3 is 2.29 bits per heavy atom. The molecule has 0 bridgehead atoms. The van der Waals surface area contributed by atoms with E-state index in [0.29, 0.717) is 25.6 Å². The van der Waals surface area contributed by atoms with E-state index in [1.807, 2.05) is 59.5 Å². The Morgan fingerprint density at radius 1 is 0.971 bits per heavy atom. The van der Waals surface area contributed by atoms with Crippen molar-refractivity contribution in [2.24, 2.45) is 5.92 Å². The zero-order chi connectivity index (χ0) is 23.8. The van der Waals surface area contributed by atoms with Crippen molar-refractivity contribution in [2.75, 3.05) is 45.2 Å². The minimum Gasteiger partial charge on any atom is -0.497 e. The number of hydrogen-bond donors (Lipinski definition) is 2. The van der Waals surface area contributed by atoms with E-state index < -0.39 is 0 Å². The fraction of sp³-hybridized carbons (Fsp3) is 0.481. The summed E-state index contributed by atoms with van der Waals surface area (Å²) in [6.45, 7) is 3.31. The number of methoxy groups -OCH3 is 1. The first-order valence-electron chi connectivity index (χ1n) is 12.4. The highest BCUT2D eigenvalue weighted by atomic mass is 16.5. The molecule has 1 saturated heterocycles. The Labute approximate surface area is 202 Å². The number of amides is 3. The van der Waals surface area contributed by atoms with Gasteiger partial charge >= 0.3 is 6.03 Å². The molecule has 2 fully saturated rings. The number of hydrogen-bond acceptors (Lipinski definition) is 4. The molecule has 34 heavy (non-hydrogen) atoms. The van der Waals surface area contributed by atoms with Gasteiger partial charge in [0.05, 0.1) is 13.2 Å². The Bertz CT molecular complexity index is 921. The van der Waals surface area contributed by atoms with Gasteiger partial charge in [0.15, 0.2) is 0 Å². The van der Waals surface area contributed by atoms with Gasteiger partial charge in [0.1, 0.15) is 5.75 Å². The molecule has 182 valence electrons. The molecule has 2 aromatic rings. The van der Waals surface area contributed by atoms with Crippen molar-refractivity contribution in [1.82, 2.24) is 15.1 Å². The number of nitrogens with zero attached hydrogens (tertiary/aromatic N) is 2. The maximum atomic E-state index is 13.3. The molecule has 1 aliphatic carbocycles. The summed E-state index contributed by atoms with van der Waals surface area (Å²) in [7, 11) is 1.66. The number of rotatable bonds is 8. The van der Waals surface area contributed by atoms with Gasteiger partial charge in [-0.15, -0.1) is 0 Å². The van der Waals surface area contributed by atoms with Crippen LogP contribution in [-0.4, -0.2) is 67.6 Å². The molecule has 2 N–H and O–H groups in total. The molecule has 0 aromatic heterocycles. The number of anilines is 1. The van der Waals surface area contributed by atoms with Crippen LogP contribution in [0.4, 0.5) is 10.5 Å². The highest BCUT2D eigenvalue weighted by Gasteiger charge is 2.37. The van der Waals surface area contributed by atoms with Gasteiger partial charge in [-0.1, -0.05) is 43.2 Å². The fourth-order valence-corrected chi connectivity index (χ4v) is 5.11. The number of piperazine rings is 1. The van der Waals surface area contributed by atoms with Crippen molar-refractivity contribution in [2.45, 2.75) is 38.1 Å². The van der Waals surface area contributed by atoms with E-state index >= 15 is 0 Å². The van der Waals surface area contributed by atoms with Gasteiger partial charge in [0.2, 0.25) is 5.91 Å². The van der Waals surface area contributed by atoms with Crippen molar-refractivity contribution in [1.29, 1.82) is 0 Å². The summed E-state index contributed by atoms with van der Waals surface area (Å²) < 4.78 is 5.22. The predicted octanol–water partition coefficient (Wildman–Crippen LogP) is 3.76. The van der Waals surface area contributed by atoms with E-state index in [1.54, 1.807) is 7.11 Å². The lowest BCUT2D eigenvalue weighted by Crippen LogP contribution is -2.58. The summed E-state index contributed by atoms with van der Waals surface area (Å²) in [6, 6.07) is 17.3. The van der Waals surface area contributed by atoms with E-state index in [4.69, 9.17) is 4.74 Å². The van der Waals surface area contributed by atoms with Gasteiger partial charge in [-0.2, -0.15) is 0 Å².